The first-order valence-corrected chi connectivity index (χ1v) is 7.79. The Morgan fingerprint density at radius 2 is 2.05 bits per heavy atom. The minimum atomic E-state index is 0.00587. The van der Waals surface area contributed by atoms with Crippen molar-refractivity contribution in [1.29, 1.82) is 0 Å². The highest BCUT2D eigenvalue weighted by Crippen LogP contribution is 2.28. The SMILES string of the molecule is O=C(c1ccc(Br)o1)N1CCC(NCC2CC2)CC1. The summed E-state index contributed by atoms with van der Waals surface area (Å²) in [7, 11) is 0. The van der Waals surface area contributed by atoms with Gasteiger partial charge in [-0.1, -0.05) is 0 Å². The van der Waals surface area contributed by atoms with E-state index < -0.39 is 0 Å². The molecule has 1 amide bonds. The molecule has 0 bridgehead atoms. The maximum absolute atomic E-state index is 12.2. The second-order valence-corrected chi connectivity index (χ2v) is 6.30. The molecule has 0 spiro atoms. The molecule has 1 aromatic rings. The average molecular weight is 327 g/mol. The summed E-state index contributed by atoms with van der Waals surface area (Å²) < 4.78 is 5.93. The van der Waals surface area contributed by atoms with Gasteiger partial charge >= 0.3 is 0 Å². The molecule has 1 N–H and O–H groups in total. The number of hydrogen-bond donors (Lipinski definition) is 1. The van der Waals surface area contributed by atoms with E-state index in [1.165, 1.54) is 12.8 Å². The molecule has 0 unspecified atom stereocenters. The average Bonchev–Trinajstić information content (AvgIpc) is 3.17. The van der Waals surface area contributed by atoms with Gasteiger partial charge in [-0.05, 0) is 66.2 Å². The molecule has 2 heterocycles. The van der Waals surface area contributed by atoms with E-state index in [0.29, 0.717) is 16.5 Å². The maximum atomic E-state index is 12.2. The standard InChI is InChI=1S/C14H19BrN2O2/c15-13-4-3-12(19-13)14(18)17-7-5-11(6-8-17)16-9-10-1-2-10/h3-4,10-11,16H,1-2,5-9H2. The number of carbonyl (C=O) groups excluding carboxylic acids is 1. The van der Waals surface area contributed by atoms with Crippen LogP contribution in [0.4, 0.5) is 0 Å². The topological polar surface area (TPSA) is 45.5 Å². The number of likely N-dealkylation sites (tertiary alicyclic amines) is 1. The molecular weight excluding hydrogens is 308 g/mol. The lowest BCUT2D eigenvalue weighted by molar-refractivity contribution is 0.0671. The number of amides is 1. The van der Waals surface area contributed by atoms with Crippen LogP contribution < -0.4 is 5.32 Å². The van der Waals surface area contributed by atoms with E-state index in [0.717, 1.165) is 38.4 Å². The van der Waals surface area contributed by atoms with Gasteiger partial charge in [0.2, 0.25) is 0 Å². The molecule has 1 aliphatic carbocycles. The van der Waals surface area contributed by atoms with Gasteiger partial charge in [0.25, 0.3) is 5.91 Å². The fourth-order valence-electron chi connectivity index (χ4n) is 2.53. The van der Waals surface area contributed by atoms with Crippen LogP contribution >= 0.6 is 15.9 Å². The van der Waals surface area contributed by atoms with Crippen molar-refractivity contribution in [3.63, 3.8) is 0 Å². The van der Waals surface area contributed by atoms with Crippen molar-refractivity contribution < 1.29 is 9.21 Å². The number of nitrogens with one attached hydrogen (secondary N) is 1. The second kappa shape index (κ2) is 5.67. The lowest BCUT2D eigenvalue weighted by Crippen LogP contribution is -2.45. The third kappa shape index (κ3) is 3.39. The Kier molecular flexibility index (Phi) is 3.93. The quantitative estimate of drug-likeness (QED) is 0.925. The number of halogens is 1. The Balaban J connectivity index is 1.47. The highest BCUT2D eigenvalue weighted by atomic mass is 79.9. The van der Waals surface area contributed by atoms with Crippen LogP contribution in [-0.4, -0.2) is 36.5 Å². The summed E-state index contributed by atoms with van der Waals surface area (Å²) in [5, 5.41) is 3.62. The van der Waals surface area contributed by atoms with Crippen LogP contribution in [0.1, 0.15) is 36.2 Å². The zero-order chi connectivity index (χ0) is 13.2. The smallest absolute Gasteiger partial charge is 0.289 e. The number of nitrogens with zero attached hydrogens (tertiary/aromatic N) is 1. The van der Waals surface area contributed by atoms with Gasteiger partial charge in [0.1, 0.15) is 0 Å². The lowest BCUT2D eigenvalue weighted by atomic mass is 10.0. The van der Waals surface area contributed by atoms with Gasteiger partial charge < -0.3 is 14.6 Å². The first-order valence-electron chi connectivity index (χ1n) is 7.00. The van der Waals surface area contributed by atoms with E-state index in [9.17, 15) is 4.79 Å². The number of hydrogen-bond acceptors (Lipinski definition) is 3. The number of furan rings is 1. The summed E-state index contributed by atoms with van der Waals surface area (Å²) in [4.78, 5) is 14.1. The molecule has 1 aliphatic heterocycles. The Bertz CT molecular complexity index is 448. The van der Waals surface area contributed by atoms with Crippen LogP contribution in [0.5, 0.6) is 0 Å². The van der Waals surface area contributed by atoms with Crippen molar-refractivity contribution in [1.82, 2.24) is 10.2 Å². The molecular formula is C14H19BrN2O2. The predicted octanol–water partition coefficient (Wildman–Crippen LogP) is 2.65. The van der Waals surface area contributed by atoms with E-state index in [4.69, 9.17) is 4.42 Å². The van der Waals surface area contributed by atoms with E-state index in [1.807, 2.05) is 4.90 Å². The molecule has 0 atom stereocenters. The van der Waals surface area contributed by atoms with E-state index >= 15 is 0 Å². The molecule has 1 saturated heterocycles. The molecule has 2 fully saturated rings. The Morgan fingerprint density at radius 3 is 2.63 bits per heavy atom. The van der Waals surface area contributed by atoms with Crippen LogP contribution in [0.25, 0.3) is 0 Å². The van der Waals surface area contributed by atoms with Crippen molar-refractivity contribution in [2.45, 2.75) is 31.7 Å². The fourth-order valence-corrected chi connectivity index (χ4v) is 2.83. The number of carbonyl (C=O) groups is 1. The number of rotatable bonds is 4. The molecule has 104 valence electrons. The van der Waals surface area contributed by atoms with Gasteiger partial charge in [0.15, 0.2) is 10.4 Å². The van der Waals surface area contributed by atoms with Crippen LogP contribution in [-0.2, 0) is 0 Å². The second-order valence-electron chi connectivity index (χ2n) is 5.52. The molecule has 1 saturated carbocycles. The molecule has 2 aliphatic rings. The summed E-state index contributed by atoms with van der Waals surface area (Å²) in [6, 6.07) is 4.06. The van der Waals surface area contributed by atoms with Gasteiger partial charge in [-0.25, -0.2) is 0 Å². The molecule has 0 aromatic carbocycles. The molecule has 5 heteroatoms. The van der Waals surface area contributed by atoms with Crippen molar-refractivity contribution >= 4 is 21.8 Å². The summed E-state index contributed by atoms with van der Waals surface area (Å²) >= 11 is 3.23. The zero-order valence-electron chi connectivity index (χ0n) is 10.9. The molecule has 4 nitrogen and oxygen atoms in total. The molecule has 3 rings (SSSR count). The summed E-state index contributed by atoms with van der Waals surface area (Å²) in [6.07, 6.45) is 4.86. The Labute approximate surface area is 121 Å². The third-order valence-corrected chi connectivity index (χ3v) is 4.38. The van der Waals surface area contributed by atoms with Gasteiger partial charge in [-0.3, -0.25) is 4.79 Å². The van der Waals surface area contributed by atoms with E-state index in [2.05, 4.69) is 21.2 Å². The lowest BCUT2D eigenvalue weighted by Gasteiger charge is -2.32. The van der Waals surface area contributed by atoms with Crippen molar-refractivity contribution in [3.8, 4) is 0 Å². The van der Waals surface area contributed by atoms with Gasteiger partial charge in [-0.15, -0.1) is 0 Å². The maximum Gasteiger partial charge on any atom is 0.289 e. The summed E-state index contributed by atoms with van der Waals surface area (Å²) in [6.45, 7) is 2.79. The zero-order valence-corrected chi connectivity index (χ0v) is 12.5. The van der Waals surface area contributed by atoms with Crippen molar-refractivity contribution in [2.75, 3.05) is 19.6 Å². The molecule has 0 radical (unpaired) electrons. The first-order chi connectivity index (χ1) is 9.22. The van der Waals surface area contributed by atoms with Crippen LogP contribution in [0.2, 0.25) is 0 Å². The van der Waals surface area contributed by atoms with E-state index in [-0.39, 0.29) is 5.91 Å². The van der Waals surface area contributed by atoms with Gasteiger partial charge in [-0.2, -0.15) is 0 Å². The fraction of sp³-hybridized carbons (Fsp3) is 0.643. The largest absolute Gasteiger partial charge is 0.444 e. The highest BCUT2D eigenvalue weighted by Gasteiger charge is 2.27. The Morgan fingerprint density at radius 1 is 1.32 bits per heavy atom. The van der Waals surface area contributed by atoms with Crippen LogP contribution in [0.15, 0.2) is 21.2 Å². The number of piperidine rings is 1. The van der Waals surface area contributed by atoms with Gasteiger partial charge in [0.05, 0.1) is 0 Å². The predicted molar refractivity (Wildman–Crippen MR) is 76.1 cm³/mol. The monoisotopic (exact) mass is 326 g/mol. The first kappa shape index (κ1) is 13.2. The molecule has 1 aromatic heterocycles. The minimum absolute atomic E-state index is 0.00587. The van der Waals surface area contributed by atoms with Gasteiger partial charge in [0, 0.05) is 19.1 Å². The normalized spacial score (nSPS) is 20.8. The van der Waals surface area contributed by atoms with Crippen molar-refractivity contribution in [2.24, 2.45) is 5.92 Å². The summed E-state index contributed by atoms with van der Waals surface area (Å²) in [5.41, 5.74) is 0. The van der Waals surface area contributed by atoms with Crippen molar-refractivity contribution in [3.05, 3.63) is 22.6 Å². The Hall–Kier alpha value is -0.810. The highest BCUT2D eigenvalue weighted by molar-refractivity contribution is 9.10. The minimum Gasteiger partial charge on any atom is -0.444 e. The van der Waals surface area contributed by atoms with Crippen LogP contribution in [0, 0.1) is 5.92 Å². The van der Waals surface area contributed by atoms with Crippen LogP contribution in [0.3, 0.4) is 0 Å². The molecule has 19 heavy (non-hydrogen) atoms. The van der Waals surface area contributed by atoms with E-state index in [1.54, 1.807) is 12.1 Å². The summed E-state index contributed by atoms with van der Waals surface area (Å²) in [5.74, 6) is 1.35. The third-order valence-electron chi connectivity index (χ3n) is 3.96.